The number of hydrogen-bond acceptors (Lipinski definition) is 5. The van der Waals surface area contributed by atoms with E-state index in [4.69, 9.17) is 11.6 Å². The second-order valence-corrected chi connectivity index (χ2v) is 9.82. The van der Waals surface area contributed by atoms with Gasteiger partial charge in [0.15, 0.2) is 0 Å². The van der Waals surface area contributed by atoms with Crippen LogP contribution < -0.4 is 10.0 Å². The minimum atomic E-state index is -3.94. The van der Waals surface area contributed by atoms with Gasteiger partial charge in [-0.05, 0) is 55.5 Å². The molecule has 1 heterocycles. The van der Waals surface area contributed by atoms with Gasteiger partial charge in [0.05, 0.1) is 10.9 Å². The van der Waals surface area contributed by atoms with E-state index in [1.54, 1.807) is 34.1 Å². The van der Waals surface area contributed by atoms with E-state index in [0.717, 1.165) is 0 Å². The van der Waals surface area contributed by atoms with Crippen molar-refractivity contribution in [2.75, 3.05) is 31.5 Å². The minimum absolute atomic E-state index is 0.0189. The molecule has 3 amide bonds. The molecule has 9 nitrogen and oxygen atoms in total. The normalized spacial score (nSPS) is 15.1. The van der Waals surface area contributed by atoms with E-state index in [1.165, 1.54) is 38.1 Å². The average Bonchev–Trinajstić information content (AvgIpc) is 2.78. The van der Waals surface area contributed by atoms with Crippen molar-refractivity contribution in [2.24, 2.45) is 0 Å². The maximum absolute atomic E-state index is 12.8. The van der Waals surface area contributed by atoms with E-state index in [-0.39, 0.29) is 22.6 Å². The molecule has 0 aromatic heterocycles. The number of piperazine rings is 1. The summed E-state index contributed by atoms with van der Waals surface area (Å²) in [5, 5.41) is 3.10. The monoisotopic (exact) mass is 492 g/mol. The Kier molecular flexibility index (Phi) is 7.72. The first-order chi connectivity index (χ1) is 15.6. The lowest BCUT2D eigenvalue weighted by molar-refractivity contribution is -0.134. The fraction of sp³-hybridized carbons (Fsp3) is 0.318. The second kappa shape index (κ2) is 10.3. The van der Waals surface area contributed by atoms with E-state index in [2.05, 4.69) is 10.0 Å². The lowest BCUT2D eigenvalue weighted by atomic mass is 10.1. The lowest BCUT2D eigenvalue weighted by Gasteiger charge is -2.36. The van der Waals surface area contributed by atoms with Crippen molar-refractivity contribution in [3.05, 3.63) is 59.1 Å². The van der Waals surface area contributed by atoms with Crippen LogP contribution in [0.15, 0.2) is 53.4 Å². The van der Waals surface area contributed by atoms with Gasteiger partial charge in [-0.1, -0.05) is 11.6 Å². The van der Waals surface area contributed by atoms with Gasteiger partial charge in [0.25, 0.3) is 5.91 Å². The molecular formula is C22H25ClN4O5S. The number of anilines is 1. The zero-order valence-electron chi connectivity index (χ0n) is 18.2. The molecule has 176 valence electrons. The summed E-state index contributed by atoms with van der Waals surface area (Å²) >= 11 is 5.86. The first kappa shape index (κ1) is 24.7. The second-order valence-electron chi connectivity index (χ2n) is 7.67. The number of carbonyl (C=O) groups is 3. The first-order valence-electron chi connectivity index (χ1n) is 10.3. The fourth-order valence-electron chi connectivity index (χ4n) is 3.45. The molecular weight excluding hydrogens is 468 g/mol. The molecule has 0 radical (unpaired) electrons. The summed E-state index contributed by atoms with van der Waals surface area (Å²) in [6.45, 7) is 4.13. The molecule has 1 atom stereocenters. The molecule has 1 fully saturated rings. The van der Waals surface area contributed by atoms with Crippen LogP contribution in [0.25, 0.3) is 0 Å². The third kappa shape index (κ3) is 6.31. The van der Waals surface area contributed by atoms with Crippen LogP contribution in [0.2, 0.25) is 5.02 Å². The SMILES string of the molecule is CC(=O)Nc1ccc(S(=O)(=O)N[C@@H](C)C(=O)N2CCN(C(=O)c3ccc(Cl)cc3)CC2)cc1. The third-order valence-corrected chi connectivity index (χ3v) is 6.97. The molecule has 0 saturated carbocycles. The number of halogens is 1. The van der Waals surface area contributed by atoms with Crippen LogP contribution in [-0.2, 0) is 19.6 Å². The Morgan fingerprint density at radius 1 is 0.909 bits per heavy atom. The van der Waals surface area contributed by atoms with Crippen LogP contribution in [0, 0.1) is 0 Å². The van der Waals surface area contributed by atoms with Gasteiger partial charge < -0.3 is 15.1 Å². The van der Waals surface area contributed by atoms with Crippen LogP contribution in [0.4, 0.5) is 5.69 Å². The predicted molar refractivity (Wildman–Crippen MR) is 124 cm³/mol. The van der Waals surface area contributed by atoms with Crippen LogP contribution in [0.1, 0.15) is 24.2 Å². The summed E-state index contributed by atoms with van der Waals surface area (Å²) < 4.78 is 27.7. The van der Waals surface area contributed by atoms with Gasteiger partial charge in [-0.25, -0.2) is 8.42 Å². The third-order valence-electron chi connectivity index (χ3n) is 5.16. The maximum Gasteiger partial charge on any atom is 0.253 e. The largest absolute Gasteiger partial charge is 0.338 e. The van der Waals surface area contributed by atoms with Crippen LogP contribution >= 0.6 is 11.6 Å². The van der Waals surface area contributed by atoms with E-state index in [1.807, 2.05) is 0 Å². The van der Waals surface area contributed by atoms with Gasteiger partial charge in [0.1, 0.15) is 0 Å². The molecule has 2 N–H and O–H groups in total. The molecule has 33 heavy (non-hydrogen) atoms. The number of nitrogens with zero attached hydrogens (tertiary/aromatic N) is 2. The average molecular weight is 493 g/mol. The number of benzene rings is 2. The van der Waals surface area contributed by atoms with Crippen molar-refractivity contribution in [2.45, 2.75) is 24.8 Å². The Hall–Kier alpha value is -2.95. The highest BCUT2D eigenvalue weighted by molar-refractivity contribution is 7.89. The zero-order chi connectivity index (χ0) is 24.2. The van der Waals surface area contributed by atoms with Crippen LogP contribution in [0.3, 0.4) is 0 Å². The Morgan fingerprint density at radius 2 is 1.45 bits per heavy atom. The van der Waals surface area contributed by atoms with E-state index < -0.39 is 16.1 Å². The number of rotatable bonds is 6. The minimum Gasteiger partial charge on any atom is -0.338 e. The topological polar surface area (TPSA) is 116 Å². The fourth-order valence-corrected chi connectivity index (χ4v) is 4.77. The number of carbonyl (C=O) groups excluding carboxylic acids is 3. The molecule has 2 aromatic carbocycles. The standard InChI is InChI=1S/C22H25ClN4O5S/c1-15(25-33(31,32)20-9-7-19(8-10-20)24-16(2)28)21(29)26-11-13-27(14-12-26)22(30)17-3-5-18(23)6-4-17/h3-10,15,25H,11-14H2,1-2H3,(H,24,28)/t15-/m0/s1. The highest BCUT2D eigenvalue weighted by Gasteiger charge is 2.29. The molecule has 0 bridgehead atoms. The first-order valence-corrected chi connectivity index (χ1v) is 12.2. The maximum atomic E-state index is 12.8. The van der Waals surface area contributed by atoms with Gasteiger partial charge >= 0.3 is 0 Å². The summed E-state index contributed by atoms with van der Waals surface area (Å²) in [4.78, 5) is 39.7. The molecule has 2 aromatic rings. The highest BCUT2D eigenvalue weighted by Crippen LogP contribution is 2.16. The Balaban J connectivity index is 1.56. The quantitative estimate of drug-likeness (QED) is 0.639. The van der Waals surface area contributed by atoms with Crippen molar-refractivity contribution in [3.63, 3.8) is 0 Å². The van der Waals surface area contributed by atoms with Gasteiger partial charge in [-0.15, -0.1) is 0 Å². The Labute approximate surface area is 197 Å². The Morgan fingerprint density at radius 3 is 2.00 bits per heavy atom. The summed E-state index contributed by atoms with van der Waals surface area (Å²) in [7, 11) is -3.94. The summed E-state index contributed by atoms with van der Waals surface area (Å²) in [5.74, 6) is -0.778. The van der Waals surface area contributed by atoms with E-state index in [9.17, 15) is 22.8 Å². The Bertz CT molecular complexity index is 1130. The molecule has 0 unspecified atom stereocenters. The van der Waals surface area contributed by atoms with Crippen molar-refractivity contribution in [1.82, 2.24) is 14.5 Å². The summed E-state index contributed by atoms with van der Waals surface area (Å²) in [5.41, 5.74) is 0.987. The van der Waals surface area contributed by atoms with Gasteiger partial charge in [-0.2, -0.15) is 4.72 Å². The smallest absolute Gasteiger partial charge is 0.253 e. The highest BCUT2D eigenvalue weighted by atomic mass is 35.5. The zero-order valence-corrected chi connectivity index (χ0v) is 19.8. The number of hydrogen-bond donors (Lipinski definition) is 2. The van der Waals surface area contributed by atoms with Crippen molar-refractivity contribution >= 4 is 45.0 Å². The van der Waals surface area contributed by atoms with Gasteiger partial charge in [0, 0.05) is 49.4 Å². The molecule has 11 heteroatoms. The molecule has 1 aliphatic heterocycles. The molecule has 0 spiro atoms. The summed E-state index contributed by atoms with van der Waals surface area (Å²) in [6, 6.07) is 11.3. The number of nitrogens with one attached hydrogen (secondary N) is 2. The van der Waals surface area contributed by atoms with Crippen LogP contribution in [0.5, 0.6) is 0 Å². The van der Waals surface area contributed by atoms with Gasteiger partial charge in [-0.3, -0.25) is 14.4 Å². The number of sulfonamides is 1. The molecule has 0 aliphatic carbocycles. The van der Waals surface area contributed by atoms with Crippen LogP contribution in [-0.4, -0.2) is 68.2 Å². The predicted octanol–water partition coefficient (Wildman–Crippen LogP) is 1.95. The molecule has 1 saturated heterocycles. The molecule has 3 rings (SSSR count). The number of amides is 3. The van der Waals surface area contributed by atoms with E-state index >= 15 is 0 Å². The summed E-state index contributed by atoms with van der Waals surface area (Å²) in [6.07, 6.45) is 0. The van der Waals surface area contributed by atoms with E-state index in [0.29, 0.717) is 42.5 Å². The van der Waals surface area contributed by atoms with Crippen molar-refractivity contribution < 1.29 is 22.8 Å². The van der Waals surface area contributed by atoms with Crippen molar-refractivity contribution in [3.8, 4) is 0 Å². The molecule has 1 aliphatic rings. The van der Waals surface area contributed by atoms with Crippen molar-refractivity contribution in [1.29, 1.82) is 0 Å². The lowest BCUT2D eigenvalue weighted by Crippen LogP contribution is -2.55. The van der Waals surface area contributed by atoms with Gasteiger partial charge in [0.2, 0.25) is 21.8 Å².